The molecule has 0 N–H and O–H groups in total. The molecule has 2 aliphatic heterocycles. The summed E-state index contributed by atoms with van der Waals surface area (Å²) < 4.78 is 0. The van der Waals surface area contributed by atoms with Crippen molar-refractivity contribution in [3.63, 3.8) is 0 Å². The van der Waals surface area contributed by atoms with E-state index >= 15 is 0 Å². The van der Waals surface area contributed by atoms with Crippen LogP contribution >= 0.6 is 22.9 Å². The van der Waals surface area contributed by atoms with Gasteiger partial charge in [0, 0.05) is 36.0 Å². The van der Waals surface area contributed by atoms with Crippen LogP contribution in [0.1, 0.15) is 16.1 Å². The lowest BCUT2D eigenvalue weighted by Crippen LogP contribution is -2.58. The van der Waals surface area contributed by atoms with Crippen LogP contribution in [0.3, 0.4) is 0 Å². The second-order valence-corrected chi connectivity index (χ2v) is 7.42. The first-order chi connectivity index (χ1) is 11.6. The largest absolute Gasteiger partial charge is 0.340 e. The number of hydrogen-bond donors (Lipinski definition) is 0. The molecule has 0 aliphatic carbocycles. The van der Waals surface area contributed by atoms with Crippen molar-refractivity contribution in [2.24, 2.45) is 5.92 Å². The molecule has 5 nitrogen and oxygen atoms in total. The molecule has 2 amide bonds. The Morgan fingerprint density at radius 3 is 2.71 bits per heavy atom. The Bertz CT molecular complexity index is 763. The van der Waals surface area contributed by atoms with E-state index in [1.54, 1.807) is 23.0 Å². The Hall–Kier alpha value is -1.92. The van der Waals surface area contributed by atoms with E-state index in [0.29, 0.717) is 36.1 Å². The summed E-state index contributed by atoms with van der Waals surface area (Å²) in [6, 6.07) is 7.48. The van der Waals surface area contributed by atoms with Crippen LogP contribution in [-0.2, 0) is 11.2 Å². The van der Waals surface area contributed by atoms with E-state index in [4.69, 9.17) is 11.6 Å². The van der Waals surface area contributed by atoms with Gasteiger partial charge in [-0.25, -0.2) is 4.98 Å². The molecule has 0 radical (unpaired) electrons. The van der Waals surface area contributed by atoms with Gasteiger partial charge in [-0.05, 0) is 17.7 Å². The maximum Gasteiger partial charge on any atom is 0.273 e. The predicted molar refractivity (Wildman–Crippen MR) is 92.2 cm³/mol. The van der Waals surface area contributed by atoms with E-state index in [-0.39, 0.29) is 17.9 Å². The Kier molecular flexibility index (Phi) is 4.02. The van der Waals surface area contributed by atoms with Crippen molar-refractivity contribution in [2.45, 2.75) is 12.5 Å². The third kappa shape index (κ3) is 2.80. The zero-order chi connectivity index (χ0) is 16.7. The van der Waals surface area contributed by atoms with Crippen molar-refractivity contribution < 1.29 is 9.59 Å². The van der Waals surface area contributed by atoms with E-state index < -0.39 is 0 Å². The fourth-order valence-corrected chi connectivity index (χ4v) is 4.08. The van der Waals surface area contributed by atoms with Crippen LogP contribution in [0.25, 0.3) is 0 Å². The van der Waals surface area contributed by atoms with Crippen LogP contribution in [-0.4, -0.2) is 52.3 Å². The molecular weight excluding hydrogens is 346 g/mol. The highest BCUT2D eigenvalue weighted by atomic mass is 35.5. The van der Waals surface area contributed by atoms with E-state index in [1.807, 2.05) is 21.9 Å². The van der Waals surface area contributed by atoms with E-state index in [9.17, 15) is 9.59 Å². The number of rotatable bonds is 3. The SMILES string of the molecule is O=C(Cc1ccc(Cl)cc1)N1C[C@@H]2CN(C(=O)c3cscn3)[C@H]2C1. The van der Waals surface area contributed by atoms with Gasteiger partial charge in [-0.1, -0.05) is 23.7 Å². The van der Waals surface area contributed by atoms with Crippen molar-refractivity contribution in [3.05, 3.63) is 51.4 Å². The normalized spacial score (nSPS) is 22.2. The smallest absolute Gasteiger partial charge is 0.273 e. The Morgan fingerprint density at radius 2 is 2.00 bits per heavy atom. The van der Waals surface area contributed by atoms with Gasteiger partial charge in [0.15, 0.2) is 0 Å². The molecule has 2 aliphatic rings. The molecule has 2 aromatic rings. The number of fused-ring (bicyclic) bond motifs is 1. The quantitative estimate of drug-likeness (QED) is 0.843. The first-order valence-corrected chi connectivity index (χ1v) is 9.15. The monoisotopic (exact) mass is 361 g/mol. The van der Waals surface area contributed by atoms with Crippen molar-refractivity contribution in [2.75, 3.05) is 19.6 Å². The zero-order valence-electron chi connectivity index (χ0n) is 12.9. The maximum atomic E-state index is 12.5. The zero-order valence-corrected chi connectivity index (χ0v) is 14.5. The molecular formula is C17H16ClN3O2S. The lowest BCUT2D eigenvalue weighted by molar-refractivity contribution is -0.129. The second kappa shape index (κ2) is 6.18. The van der Waals surface area contributed by atoms with Gasteiger partial charge in [-0.3, -0.25) is 9.59 Å². The summed E-state index contributed by atoms with van der Waals surface area (Å²) in [5, 5.41) is 2.44. The van der Waals surface area contributed by atoms with Crippen LogP contribution < -0.4 is 0 Å². The van der Waals surface area contributed by atoms with Crippen LogP contribution in [0, 0.1) is 5.92 Å². The minimum Gasteiger partial charge on any atom is -0.340 e. The highest BCUT2D eigenvalue weighted by molar-refractivity contribution is 7.07. The van der Waals surface area contributed by atoms with Crippen LogP contribution in [0.4, 0.5) is 0 Å². The molecule has 4 rings (SSSR count). The summed E-state index contributed by atoms with van der Waals surface area (Å²) in [4.78, 5) is 32.7. The van der Waals surface area contributed by atoms with Gasteiger partial charge in [-0.15, -0.1) is 11.3 Å². The lowest BCUT2D eigenvalue weighted by Gasteiger charge is -2.42. The van der Waals surface area contributed by atoms with Crippen LogP contribution in [0.5, 0.6) is 0 Å². The van der Waals surface area contributed by atoms with Gasteiger partial charge in [0.25, 0.3) is 5.91 Å². The molecule has 24 heavy (non-hydrogen) atoms. The summed E-state index contributed by atoms with van der Waals surface area (Å²) in [5.74, 6) is 0.471. The number of aromatic nitrogens is 1. The molecule has 3 heterocycles. The van der Waals surface area contributed by atoms with Crippen LogP contribution in [0.15, 0.2) is 35.2 Å². The highest BCUT2D eigenvalue weighted by Gasteiger charge is 2.49. The minimum atomic E-state index is -0.0236. The van der Waals surface area contributed by atoms with Crippen molar-refractivity contribution >= 4 is 34.8 Å². The number of halogens is 1. The first kappa shape index (κ1) is 15.6. The van der Waals surface area contributed by atoms with Gasteiger partial charge in [0.2, 0.25) is 5.91 Å². The summed E-state index contributed by atoms with van der Waals surface area (Å²) in [7, 11) is 0. The van der Waals surface area contributed by atoms with Crippen LogP contribution in [0.2, 0.25) is 5.02 Å². The molecule has 2 fully saturated rings. The second-order valence-electron chi connectivity index (χ2n) is 6.26. The highest BCUT2D eigenvalue weighted by Crippen LogP contribution is 2.33. The topological polar surface area (TPSA) is 53.5 Å². The average Bonchev–Trinajstić information content (AvgIpc) is 3.19. The van der Waals surface area contributed by atoms with E-state index in [0.717, 1.165) is 12.1 Å². The van der Waals surface area contributed by atoms with Gasteiger partial charge < -0.3 is 9.80 Å². The van der Waals surface area contributed by atoms with Gasteiger partial charge in [-0.2, -0.15) is 0 Å². The van der Waals surface area contributed by atoms with Gasteiger partial charge in [0.05, 0.1) is 18.0 Å². The number of likely N-dealkylation sites (tertiary alicyclic amines) is 2. The lowest BCUT2D eigenvalue weighted by atomic mass is 9.92. The average molecular weight is 362 g/mol. The summed E-state index contributed by atoms with van der Waals surface area (Å²) >= 11 is 7.29. The molecule has 0 unspecified atom stereocenters. The molecule has 0 saturated carbocycles. The number of benzene rings is 1. The summed E-state index contributed by atoms with van der Waals surface area (Å²) in [6.45, 7) is 2.07. The Balaban J connectivity index is 1.37. The van der Waals surface area contributed by atoms with E-state index in [1.165, 1.54) is 11.3 Å². The predicted octanol–water partition coefficient (Wildman–Crippen LogP) is 2.32. The third-order valence-corrected chi connectivity index (χ3v) is 5.61. The van der Waals surface area contributed by atoms with Crippen molar-refractivity contribution in [3.8, 4) is 0 Å². The maximum absolute atomic E-state index is 12.5. The third-order valence-electron chi connectivity index (χ3n) is 4.77. The van der Waals surface area contributed by atoms with Gasteiger partial charge >= 0.3 is 0 Å². The summed E-state index contributed by atoms with van der Waals surface area (Å²) in [6.07, 6.45) is 0.372. The van der Waals surface area contributed by atoms with Crippen molar-refractivity contribution in [1.29, 1.82) is 0 Å². The molecule has 0 spiro atoms. The molecule has 0 bridgehead atoms. The molecule has 7 heteroatoms. The van der Waals surface area contributed by atoms with Crippen molar-refractivity contribution in [1.82, 2.24) is 14.8 Å². The Morgan fingerprint density at radius 1 is 1.21 bits per heavy atom. The molecule has 1 aromatic heterocycles. The number of carbonyl (C=O) groups excluding carboxylic acids is 2. The first-order valence-electron chi connectivity index (χ1n) is 7.83. The minimum absolute atomic E-state index is 0.0236. The molecule has 2 atom stereocenters. The molecule has 2 saturated heterocycles. The number of hydrogen-bond acceptors (Lipinski definition) is 4. The molecule has 1 aromatic carbocycles. The molecule has 124 valence electrons. The number of carbonyl (C=O) groups is 2. The van der Waals surface area contributed by atoms with Gasteiger partial charge in [0.1, 0.15) is 5.69 Å². The number of thiazole rings is 1. The Labute approximate surface area is 148 Å². The number of amides is 2. The fourth-order valence-electron chi connectivity index (χ4n) is 3.43. The van der Waals surface area contributed by atoms with E-state index in [2.05, 4.69) is 4.98 Å². The fraction of sp³-hybridized carbons (Fsp3) is 0.353. The number of nitrogens with zero attached hydrogens (tertiary/aromatic N) is 3. The standard InChI is InChI=1S/C17H16ClN3O2S/c18-13-3-1-11(2-4-13)5-16(22)20-6-12-7-21(15(12)8-20)17(23)14-9-24-10-19-14/h1-4,9-10,12,15H,5-8H2/t12-,15+/m1/s1. The summed E-state index contributed by atoms with van der Waals surface area (Å²) in [5.41, 5.74) is 3.13.